The van der Waals surface area contributed by atoms with E-state index in [0.717, 1.165) is 21.6 Å². The molecule has 0 saturated carbocycles. The highest BCUT2D eigenvalue weighted by Crippen LogP contribution is 2.20. The van der Waals surface area contributed by atoms with E-state index in [4.69, 9.17) is 0 Å². The molecule has 0 saturated heterocycles. The van der Waals surface area contributed by atoms with Gasteiger partial charge in [0.2, 0.25) is 5.78 Å². The second-order valence-corrected chi connectivity index (χ2v) is 5.67. The maximum Gasteiger partial charge on any atom is 0.204 e. The van der Waals surface area contributed by atoms with Gasteiger partial charge in [0.1, 0.15) is 0 Å². The van der Waals surface area contributed by atoms with Gasteiger partial charge in [-0.15, -0.1) is 11.3 Å². The second kappa shape index (κ2) is 4.55. The number of aromatic nitrogens is 2. The SMILES string of the molecule is Cc1ccc2cc(C(=O)c3cnc(C)s3)ccc2n1. The first-order chi connectivity index (χ1) is 9.13. The number of carbonyl (C=O) groups excluding carboxylic acids is 1. The Morgan fingerprint density at radius 3 is 2.74 bits per heavy atom. The van der Waals surface area contributed by atoms with Crippen molar-refractivity contribution in [1.82, 2.24) is 9.97 Å². The van der Waals surface area contributed by atoms with Gasteiger partial charge in [-0.25, -0.2) is 4.98 Å². The molecule has 0 spiro atoms. The van der Waals surface area contributed by atoms with Gasteiger partial charge in [0.25, 0.3) is 0 Å². The third-order valence-electron chi connectivity index (χ3n) is 2.94. The molecule has 19 heavy (non-hydrogen) atoms. The predicted molar refractivity (Wildman–Crippen MR) is 76.8 cm³/mol. The van der Waals surface area contributed by atoms with Gasteiger partial charge in [0.05, 0.1) is 15.4 Å². The molecule has 0 unspecified atom stereocenters. The van der Waals surface area contributed by atoms with Gasteiger partial charge in [-0.3, -0.25) is 9.78 Å². The summed E-state index contributed by atoms with van der Waals surface area (Å²) in [6, 6.07) is 9.55. The summed E-state index contributed by atoms with van der Waals surface area (Å²) < 4.78 is 0. The largest absolute Gasteiger partial charge is 0.288 e. The molecule has 3 rings (SSSR count). The molecule has 0 amide bonds. The van der Waals surface area contributed by atoms with Crippen molar-refractivity contribution in [3.8, 4) is 0 Å². The summed E-state index contributed by atoms with van der Waals surface area (Å²) in [5.41, 5.74) is 2.57. The molecule has 2 heterocycles. The molecule has 0 bridgehead atoms. The Morgan fingerprint density at radius 2 is 2.00 bits per heavy atom. The lowest BCUT2D eigenvalue weighted by atomic mass is 10.1. The van der Waals surface area contributed by atoms with Gasteiger partial charge < -0.3 is 0 Å². The summed E-state index contributed by atoms with van der Waals surface area (Å²) in [5.74, 6) is 0.0214. The number of pyridine rings is 1. The van der Waals surface area contributed by atoms with E-state index in [1.54, 1.807) is 6.20 Å². The lowest BCUT2D eigenvalue weighted by Gasteiger charge is -2.02. The van der Waals surface area contributed by atoms with Crippen molar-refractivity contribution in [3.63, 3.8) is 0 Å². The topological polar surface area (TPSA) is 42.9 Å². The first kappa shape index (κ1) is 12.0. The molecular formula is C15H12N2OS. The Bertz CT molecular complexity index is 777. The standard InChI is InChI=1S/C15H12N2OS/c1-9-3-4-11-7-12(5-6-13(11)17-9)15(18)14-8-16-10(2)19-14/h3-8H,1-2H3. The molecule has 1 aromatic carbocycles. The highest BCUT2D eigenvalue weighted by molar-refractivity contribution is 7.13. The Balaban J connectivity index is 2.06. The van der Waals surface area contributed by atoms with Crippen LogP contribution in [0.4, 0.5) is 0 Å². The number of benzene rings is 1. The Labute approximate surface area is 115 Å². The first-order valence-corrected chi connectivity index (χ1v) is 6.80. The van der Waals surface area contributed by atoms with Gasteiger partial charge in [-0.05, 0) is 38.1 Å². The van der Waals surface area contributed by atoms with Crippen LogP contribution in [0.3, 0.4) is 0 Å². The van der Waals surface area contributed by atoms with Crippen molar-refractivity contribution < 1.29 is 4.79 Å². The number of thiazole rings is 1. The molecule has 0 atom stereocenters. The van der Waals surface area contributed by atoms with Crippen LogP contribution < -0.4 is 0 Å². The van der Waals surface area contributed by atoms with E-state index in [1.165, 1.54) is 11.3 Å². The number of ketones is 1. The van der Waals surface area contributed by atoms with Crippen LogP contribution in [0.25, 0.3) is 10.9 Å². The monoisotopic (exact) mass is 268 g/mol. The lowest BCUT2D eigenvalue weighted by molar-refractivity contribution is 0.104. The molecule has 0 aliphatic carbocycles. The second-order valence-electron chi connectivity index (χ2n) is 4.43. The quantitative estimate of drug-likeness (QED) is 0.668. The van der Waals surface area contributed by atoms with E-state index in [2.05, 4.69) is 9.97 Å². The molecule has 0 aliphatic heterocycles. The summed E-state index contributed by atoms with van der Waals surface area (Å²) >= 11 is 1.42. The van der Waals surface area contributed by atoms with Crippen LogP contribution in [0.15, 0.2) is 36.5 Å². The minimum atomic E-state index is 0.0214. The Kier molecular flexibility index (Phi) is 2.87. The minimum absolute atomic E-state index is 0.0214. The van der Waals surface area contributed by atoms with Gasteiger partial charge in [0, 0.05) is 22.8 Å². The molecule has 0 fully saturated rings. The number of nitrogens with zero attached hydrogens (tertiary/aromatic N) is 2. The van der Waals surface area contributed by atoms with Gasteiger partial charge in [-0.1, -0.05) is 6.07 Å². The zero-order valence-corrected chi connectivity index (χ0v) is 11.5. The minimum Gasteiger partial charge on any atom is -0.288 e. The predicted octanol–water partition coefficient (Wildman–Crippen LogP) is 3.54. The Hall–Kier alpha value is -2.07. The highest BCUT2D eigenvalue weighted by Gasteiger charge is 2.12. The zero-order chi connectivity index (χ0) is 13.4. The molecule has 3 aromatic rings. The first-order valence-electron chi connectivity index (χ1n) is 5.98. The zero-order valence-electron chi connectivity index (χ0n) is 10.7. The van der Waals surface area contributed by atoms with E-state index < -0.39 is 0 Å². The molecule has 4 heteroatoms. The van der Waals surface area contributed by atoms with E-state index in [1.807, 2.05) is 44.2 Å². The average molecular weight is 268 g/mol. The summed E-state index contributed by atoms with van der Waals surface area (Å²) in [5, 5.41) is 1.89. The van der Waals surface area contributed by atoms with Crippen molar-refractivity contribution in [2.24, 2.45) is 0 Å². The summed E-state index contributed by atoms with van der Waals surface area (Å²) in [6.07, 6.45) is 1.64. The fourth-order valence-electron chi connectivity index (χ4n) is 1.98. The van der Waals surface area contributed by atoms with Crippen LogP contribution in [0, 0.1) is 13.8 Å². The molecule has 94 valence electrons. The molecule has 3 nitrogen and oxygen atoms in total. The van der Waals surface area contributed by atoms with Crippen molar-refractivity contribution in [1.29, 1.82) is 0 Å². The smallest absolute Gasteiger partial charge is 0.204 e. The summed E-state index contributed by atoms with van der Waals surface area (Å²) in [6.45, 7) is 3.85. The maximum absolute atomic E-state index is 12.3. The third kappa shape index (κ3) is 2.27. The van der Waals surface area contributed by atoms with Crippen LogP contribution in [0.1, 0.15) is 25.9 Å². The number of hydrogen-bond acceptors (Lipinski definition) is 4. The maximum atomic E-state index is 12.3. The summed E-state index contributed by atoms with van der Waals surface area (Å²) in [4.78, 5) is 21.6. The van der Waals surface area contributed by atoms with E-state index in [-0.39, 0.29) is 5.78 Å². The van der Waals surface area contributed by atoms with Crippen LogP contribution in [-0.4, -0.2) is 15.8 Å². The molecular weight excluding hydrogens is 256 g/mol. The van der Waals surface area contributed by atoms with Crippen molar-refractivity contribution in [3.05, 3.63) is 57.7 Å². The molecule has 0 N–H and O–H groups in total. The van der Waals surface area contributed by atoms with Gasteiger partial charge in [-0.2, -0.15) is 0 Å². The van der Waals surface area contributed by atoms with Crippen LogP contribution in [-0.2, 0) is 0 Å². The number of hydrogen-bond donors (Lipinski definition) is 0. The van der Waals surface area contributed by atoms with Gasteiger partial charge in [0.15, 0.2) is 0 Å². The highest BCUT2D eigenvalue weighted by atomic mass is 32.1. The van der Waals surface area contributed by atoms with Crippen LogP contribution in [0.2, 0.25) is 0 Å². The van der Waals surface area contributed by atoms with E-state index in [0.29, 0.717) is 10.4 Å². The molecule has 0 aliphatic rings. The van der Waals surface area contributed by atoms with Gasteiger partial charge >= 0.3 is 0 Å². The lowest BCUT2D eigenvalue weighted by Crippen LogP contribution is -1.98. The van der Waals surface area contributed by atoms with E-state index >= 15 is 0 Å². The summed E-state index contributed by atoms with van der Waals surface area (Å²) in [7, 11) is 0. The number of aryl methyl sites for hydroxylation is 2. The molecule has 2 aromatic heterocycles. The van der Waals surface area contributed by atoms with E-state index in [9.17, 15) is 4.79 Å². The number of fused-ring (bicyclic) bond motifs is 1. The Morgan fingerprint density at radius 1 is 1.16 bits per heavy atom. The van der Waals surface area contributed by atoms with Crippen molar-refractivity contribution in [2.75, 3.05) is 0 Å². The average Bonchev–Trinajstić information content (AvgIpc) is 2.84. The normalized spacial score (nSPS) is 10.8. The fourth-order valence-corrected chi connectivity index (χ4v) is 2.72. The third-order valence-corrected chi connectivity index (χ3v) is 3.85. The van der Waals surface area contributed by atoms with Crippen molar-refractivity contribution >= 4 is 28.0 Å². The van der Waals surface area contributed by atoms with Crippen LogP contribution >= 0.6 is 11.3 Å². The number of carbonyl (C=O) groups is 1. The van der Waals surface area contributed by atoms with Crippen LogP contribution in [0.5, 0.6) is 0 Å². The fraction of sp³-hybridized carbons (Fsp3) is 0.133. The van der Waals surface area contributed by atoms with Crippen molar-refractivity contribution in [2.45, 2.75) is 13.8 Å². The molecule has 0 radical (unpaired) electrons. The number of rotatable bonds is 2.